The zero-order chi connectivity index (χ0) is 16.0. The summed E-state index contributed by atoms with van der Waals surface area (Å²) in [6.45, 7) is 5.55. The van der Waals surface area contributed by atoms with Gasteiger partial charge >= 0.3 is 0 Å². The smallest absolute Gasteiger partial charge is 0.193 e. The van der Waals surface area contributed by atoms with E-state index < -0.39 is 0 Å². The summed E-state index contributed by atoms with van der Waals surface area (Å²) in [5.74, 6) is 1.94. The Hall–Kier alpha value is -1.75. The molecule has 1 aromatic rings. The molecular weight excluding hydrogens is 290 g/mol. The van der Waals surface area contributed by atoms with Gasteiger partial charge in [0.2, 0.25) is 0 Å². The molecule has 1 spiro atoms. The van der Waals surface area contributed by atoms with Crippen molar-refractivity contribution in [2.24, 2.45) is 10.4 Å². The van der Waals surface area contributed by atoms with E-state index in [4.69, 9.17) is 9.47 Å². The van der Waals surface area contributed by atoms with Crippen molar-refractivity contribution in [2.75, 3.05) is 46.5 Å². The van der Waals surface area contributed by atoms with Gasteiger partial charge in [-0.3, -0.25) is 4.99 Å². The number of aliphatic imine (C=N–C) groups is 1. The molecule has 126 valence electrons. The molecule has 23 heavy (non-hydrogen) atoms. The number of nitrogens with zero attached hydrogens (tertiary/aromatic N) is 2. The SMILES string of the molecule is CN=C(NCCCOc1ccccc1)N1CCC2(CCOC2)C1. The van der Waals surface area contributed by atoms with Gasteiger partial charge < -0.3 is 19.7 Å². The topological polar surface area (TPSA) is 46.1 Å². The Morgan fingerprint density at radius 3 is 2.96 bits per heavy atom. The molecular formula is C18H27N3O2. The third-order valence-electron chi connectivity index (χ3n) is 4.75. The van der Waals surface area contributed by atoms with E-state index in [0.717, 1.165) is 51.0 Å². The predicted octanol–water partition coefficient (Wildman–Crippen LogP) is 2.14. The lowest BCUT2D eigenvalue weighted by Crippen LogP contribution is -2.42. The van der Waals surface area contributed by atoms with E-state index in [0.29, 0.717) is 12.0 Å². The molecule has 2 fully saturated rings. The second-order valence-corrected chi connectivity index (χ2v) is 6.46. The van der Waals surface area contributed by atoms with Gasteiger partial charge in [-0.1, -0.05) is 18.2 Å². The number of ether oxygens (including phenoxy) is 2. The van der Waals surface area contributed by atoms with Gasteiger partial charge in [-0.25, -0.2) is 0 Å². The lowest BCUT2D eigenvalue weighted by Gasteiger charge is -2.24. The first-order valence-electron chi connectivity index (χ1n) is 8.53. The van der Waals surface area contributed by atoms with Gasteiger partial charge in [0.15, 0.2) is 5.96 Å². The molecule has 0 bridgehead atoms. The molecule has 5 nitrogen and oxygen atoms in total. The van der Waals surface area contributed by atoms with Crippen LogP contribution in [0.1, 0.15) is 19.3 Å². The van der Waals surface area contributed by atoms with E-state index in [1.54, 1.807) is 0 Å². The minimum absolute atomic E-state index is 0.369. The van der Waals surface area contributed by atoms with Gasteiger partial charge in [-0.2, -0.15) is 0 Å². The molecule has 2 aliphatic heterocycles. The van der Waals surface area contributed by atoms with Crippen LogP contribution in [0.3, 0.4) is 0 Å². The van der Waals surface area contributed by atoms with Crippen LogP contribution in [-0.4, -0.2) is 57.4 Å². The number of guanidine groups is 1. The van der Waals surface area contributed by atoms with E-state index in [1.165, 1.54) is 12.8 Å². The van der Waals surface area contributed by atoms with E-state index in [9.17, 15) is 0 Å². The maximum absolute atomic E-state index is 5.71. The lowest BCUT2D eigenvalue weighted by atomic mass is 9.87. The van der Waals surface area contributed by atoms with Crippen LogP contribution in [0.4, 0.5) is 0 Å². The highest BCUT2D eigenvalue weighted by Crippen LogP contribution is 2.38. The average Bonchev–Trinajstić information content (AvgIpc) is 3.22. The Balaban J connectivity index is 1.37. The Bertz CT molecular complexity index is 512. The highest BCUT2D eigenvalue weighted by molar-refractivity contribution is 5.80. The molecule has 5 heteroatoms. The lowest BCUT2D eigenvalue weighted by molar-refractivity contribution is 0.156. The summed E-state index contributed by atoms with van der Waals surface area (Å²) in [5.41, 5.74) is 0.369. The highest BCUT2D eigenvalue weighted by Gasteiger charge is 2.42. The Morgan fingerprint density at radius 1 is 1.35 bits per heavy atom. The van der Waals surface area contributed by atoms with Crippen LogP contribution in [0.25, 0.3) is 0 Å². The van der Waals surface area contributed by atoms with Gasteiger partial charge in [0.1, 0.15) is 5.75 Å². The summed E-state index contributed by atoms with van der Waals surface area (Å²) in [6, 6.07) is 9.95. The van der Waals surface area contributed by atoms with Crippen molar-refractivity contribution in [3.63, 3.8) is 0 Å². The Labute approximate surface area is 138 Å². The molecule has 0 radical (unpaired) electrons. The highest BCUT2D eigenvalue weighted by atomic mass is 16.5. The van der Waals surface area contributed by atoms with Gasteiger partial charge in [0.05, 0.1) is 13.2 Å². The van der Waals surface area contributed by atoms with Crippen LogP contribution in [-0.2, 0) is 4.74 Å². The predicted molar refractivity (Wildman–Crippen MR) is 92.0 cm³/mol. The second kappa shape index (κ2) is 7.68. The van der Waals surface area contributed by atoms with Crippen LogP contribution < -0.4 is 10.1 Å². The summed E-state index contributed by atoms with van der Waals surface area (Å²) in [7, 11) is 1.86. The quantitative estimate of drug-likeness (QED) is 0.513. The number of benzene rings is 1. The number of para-hydroxylation sites is 1. The molecule has 1 N–H and O–H groups in total. The van der Waals surface area contributed by atoms with Gasteiger partial charge in [0, 0.05) is 38.7 Å². The fraction of sp³-hybridized carbons (Fsp3) is 0.611. The van der Waals surface area contributed by atoms with Crippen molar-refractivity contribution in [2.45, 2.75) is 19.3 Å². The molecule has 3 rings (SSSR count). The number of hydrogen-bond acceptors (Lipinski definition) is 3. The van der Waals surface area contributed by atoms with Crippen molar-refractivity contribution in [1.82, 2.24) is 10.2 Å². The summed E-state index contributed by atoms with van der Waals surface area (Å²) >= 11 is 0. The fourth-order valence-corrected chi connectivity index (χ4v) is 3.40. The molecule has 0 aliphatic carbocycles. The first-order valence-corrected chi connectivity index (χ1v) is 8.53. The van der Waals surface area contributed by atoms with Crippen molar-refractivity contribution < 1.29 is 9.47 Å². The molecule has 1 unspecified atom stereocenters. The molecule has 2 heterocycles. The fourth-order valence-electron chi connectivity index (χ4n) is 3.40. The van der Waals surface area contributed by atoms with Crippen molar-refractivity contribution in [3.8, 4) is 5.75 Å². The number of rotatable bonds is 5. The maximum Gasteiger partial charge on any atom is 0.193 e. The zero-order valence-corrected chi connectivity index (χ0v) is 14.0. The van der Waals surface area contributed by atoms with Crippen molar-refractivity contribution >= 4 is 5.96 Å². The normalized spacial score (nSPS) is 24.4. The Kier molecular flexibility index (Phi) is 5.39. The summed E-state index contributed by atoms with van der Waals surface area (Å²) in [4.78, 5) is 6.80. The molecule has 0 saturated carbocycles. The van der Waals surface area contributed by atoms with Gasteiger partial charge in [-0.05, 0) is 31.4 Å². The zero-order valence-electron chi connectivity index (χ0n) is 14.0. The number of nitrogens with one attached hydrogen (secondary N) is 1. The molecule has 2 aliphatic rings. The second-order valence-electron chi connectivity index (χ2n) is 6.46. The third kappa shape index (κ3) is 4.16. The van der Waals surface area contributed by atoms with E-state index in [1.807, 2.05) is 37.4 Å². The average molecular weight is 317 g/mol. The summed E-state index contributed by atoms with van der Waals surface area (Å²) in [6.07, 6.45) is 3.35. The minimum Gasteiger partial charge on any atom is -0.494 e. The van der Waals surface area contributed by atoms with Crippen molar-refractivity contribution in [3.05, 3.63) is 30.3 Å². The van der Waals surface area contributed by atoms with Gasteiger partial charge in [-0.15, -0.1) is 0 Å². The monoisotopic (exact) mass is 317 g/mol. The number of likely N-dealkylation sites (tertiary alicyclic amines) is 1. The maximum atomic E-state index is 5.71. The van der Waals surface area contributed by atoms with Crippen molar-refractivity contribution in [1.29, 1.82) is 0 Å². The van der Waals surface area contributed by atoms with Crippen LogP contribution >= 0.6 is 0 Å². The Morgan fingerprint density at radius 2 is 2.22 bits per heavy atom. The minimum atomic E-state index is 0.369. The van der Waals surface area contributed by atoms with E-state index in [-0.39, 0.29) is 0 Å². The first-order chi connectivity index (χ1) is 11.3. The third-order valence-corrected chi connectivity index (χ3v) is 4.75. The van der Waals surface area contributed by atoms with E-state index in [2.05, 4.69) is 15.2 Å². The summed E-state index contributed by atoms with van der Waals surface area (Å²) < 4.78 is 11.3. The van der Waals surface area contributed by atoms with E-state index >= 15 is 0 Å². The number of hydrogen-bond donors (Lipinski definition) is 1. The first kappa shape index (κ1) is 16.1. The molecule has 0 amide bonds. The standard InChI is InChI=1S/C18H27N3O2/c1-19-17(21-11-8-18(14-21)9-13-22-15-18)20-10-5-12-23-16-6-3-2-4-7-16/h2-4,6-7H,5,8-15H2,1H3,(H,19,20). The molecule has 1 atom stereocenters. The van der Waals surface area contributed by atoms with Crippen LogP contribution in [0.5, 0.6) is 5.75 Å². The van der Waals surface area contributed by atoms with Gasteiger partial charge in [0.25, 0.3) is 0 Å². The van der Waals surface area contributed by atoms with Crippen LogP contribution in [0.15, 0.2) is 35.3 Å². The molecule has 1 aromatic carbocycles. The largest absolute Gasteiger partial charge is 0.494 e. The molecule has 2 saturated heterocycles. The summed E-state index contributed by atoms with van der Waals surface area (Å²) in [5, 5.41) is 3.46. The van der Waals surface area contributed by atoms with Crippen LogP contribution in [0, 0.1) is 5.41 Å². The molecule has 0 aromatic heterocycles. The van der Waals surface area contributed by atoms with Crippen LogP contribution in [0.2, 0.25) is 0 Å².